The fourth-order valence-corrected chi connectivity index (χ4v) is 8.13. The molecule has 0 saturated carbocycles. The normalized spacial score (nSPS) is 11.6. The third-order valence-electron chi connectivity index (χ3n) is 10.8. The van der Waals surface area contributed by atoms with Gasteiger partial charge in [-0.25, -0.2) is 15.0 Å². The van der Waals surface area contributed by atoms with E-state index in [1.54, 1.807) is 0 Å². The van der Waals surface area contributed by atoms with Crippen LogP contribution < -0.4 is 0 Å². The second kappa shape index (κ2) is 12.6. The van der Waals surface area contributed by atoms with Crippen LogP contribution in [0.2, 0.25) is 0 Å². The molecule has 11 aromatic rings. The maximum atomic E-state index is 4.96. The van der Waals surface area contributed by atoms with E-state index in [2.05, 4.69) is 138 Å². The number of hydrogen-bond donors (Lipinski definition) is 0. The van der Waals surface area contributed by atoms with Crippen molar-refractivity contribution >= 4 is 54.1 Å². The smallest absolute Gasteiger partial charge is 0.164 e. The van der Waals surface area contributed by atoms with Crippen LogP contribution in [0.25, 0.3) is 105 Å². The van der Waals surface area contributed by atoms with Crippen molar-refractivity contribution in [2.45, 2.75) is 0 Å². The van der Waals surface area contributed by atoms with Gasteiger partial charge in [0.1, 0.15) is 0 Å². The highest BCUT2D eigenvalue weighted by molar-refractivity contribution is 6.22. The summed E-state index contributed by atoms with van der Waals surface area (Å²) in [6.45, 7) is 0. The lowest BCUT2D eigenvalue weighted by Gasteiger charge is -2.11. The molecule has 0 unspecified atom stereocenters. The van der Waals surface area contributed by atoms with Crippen LogP contribution in [0.5, 0.6) is 0 Å². The van der Waals surface area contributed by atoms with Gasteiger partial charge in [-0.1, -0.05) is 146 Å². The topological polar surface area (TPSA) is 43.6 Å². The van der Waals surface area contributed by atoms with E-state index in [0.29, 0.717) is 17.5 Å². The standard InChI is InChI=1S/C51H32N4/c1-3-12-35(13-4-1)49-52-50(36-14-5-2-6-15-36)54-51(53-49)37-23-27-41(28-24-37)55-46-18-10-9-17-44(46)48-45-32-39(21-19-34(45)26-30-47(48)55)38-25-29-43-40(31-38)22-20-33-11-7-8-16-42(33)43/h1-32H. The van der Waals surface area contributed by atoms with Gasteiger partial charge >= 0.3 is 0 Å². The second-order valence-corrected chi connectivity index (χ2v) is 14.1. The summed E-state index contributed by atoms with van der Waals surface area (Å²) >= 11 is 0. The summed E-state index contributed by atoms with van der Waals surface area (Å²) in [6, 6.07) is 68.9. The molecule has 55 heavy (non-hydrogen) atoms. The Balaban J connectivity index is 1.03. The summed E-state index contributed by atoms with van der Waals surface area (Å²) in [7, 11) is 0. The third-order valence-corrected chi connectivity index (χ3v) is 10.8. The molecular formula is C51H32N4. The van der Waals surface area contributed by atoms with Crippen LogP contribution in [0.1, 0.15) is 0 Å². The summed E-state index contributed by atoms with van der Waals surface area (Å²) in [5, 5.41) is 10.0. The van der Waals surface area contributed by atoms with Crippen LogP contribution in [0, 0.1) is 0 Å². The van der Waals surface area contributed by atoms with E-state index in [1.807, 2.05) is 60.7 Å². The summed E-state index contributed by atoms with van der Waals surface area (Å²) < 4.78 is 2.37. The molecule has 9 aromatic carbocycles. The number of aromatic nitrogens is 4. The molecule has 0 fully saturated rings. The Morgan fingerprint density at radius 3 is 1.51 bits per heavy atom. The van der Waals surface area contributed by atoms with Crippen LogP contribution in [0.15, 0.2) is 194 Å². The molecule has 2 aromatic heterocycles. The van der Waals surface area contributed by atoms with Gasteiger partial charge in [0.15, 0.2) is 17.5 Å². The van der Waals surface area contributed by atoms with Crippen molar-refractivity contribution in [3.63, 3.8) is 0 Å². The molecule has 2 heterocycles. The highest BCUT2D eigenvalue weighted by Gasteiger charge is 2.17. The minimum Gasteiger partial charge on any atom is -0.309 e. The van der Waals surface area contributed by atoms with Crippen molar-refractivity contribution in [1.82, 2.24) is 19.5 Å². The minimum atomic E-state index is 0.641. The average Bonchev–Trinajstić information content (AvgIpc) is 3.61. The van der Waals surface area contributed by atoms with Gasteiger partial charge in [-0.2, -0.15) is 0 Å². The largest absolute Gasteiger partial charge is 0.309 e. The molecule has 11 rings (SSSR count). The van der Waals surface area contributed by atoms with E-state index >= 15 is 0 Å². The van der Waals surface area contributed by atoms with Gasteiger partial charge in [-0.15, -0.1) is 0 Å². The van der Waals surface area contributed by atoms with Gasteiger partial charge in [0.05, 0.1) is 11.0 Å². The van der Waals surface area contributed by atoms with E-state index in [-0.39, 0.29) is 0 Å². The van der Waals surface area contributed by atoms with E-state index in [0.717, 1.165) is 22.4 Å². The monoisotopic (exact) mass is 700 g/mol. The minimum absolute atomic E-state index is 0.641. The molecule has 0 amide bonds. The highest BCUT2D eigenvalue weighted by atomic mass is 15.0. The van der Waals surface area contributed by atoms with E-state index in [9.17, 15) is 0 Å². The van der Waals surface area contributed by atoms with Crippen molar-refractivity contribution in [2.24, 2.45) is 0 Å². The van der Waals surface area contributed by atoms with Gasteiger partial charge in [0, 0.05) is 33.2 Å². The molecule has 0 N–H and O–H groups in total. The van der Waals surface area contributed by atoms with Crippen molar-refractivity contribution < 1.29 is 0 Å². The fraction of sp³-hybridized carbons (Fsp3) is 0. The Labute approximate surface area is 317 Å². The van der Waals surface area contributed by atoms with Crippen LogP contribution in [0.3, 0.4) is 0 Å². The van der Waals surface area contributed by atoms with Crippen molar-refractivity contribution in [1.29, 1.82) is 0 Å². The van der Waals surface area contributed by atoms with Crippen molar-refractivity contribution in [3.8, 4) is 51.0 Å². The SMILES string of the molecule is c1ccc(-c2nc(-c3ccccc3)nc(-c3ccc(-n4c5ccccc5c5c6cc(-c7ccc8c(ccc9ccccc98)c7)ccc6ccc54)cc3)n2)cc1. The first-order valence-electron chi connectivity index (χ1n) is 18.6. The molecule has 256 valence electrons. The summed E-state index contributed by atoms with van der Waals surface area (Å²) in [5.41, 5.74) is 8.67. The zero-order chi connectivity index (χ0) is 36.3. The summed E-state index contributed by atoms with van der Waals surface area (Å²) in [5.74, 6) is 1.94. The average molecular weight is 701 g/mol. The Hall–Kier alpha value is -7.43. The van der Waals surface area contributed by atoms with Gasteiger partial charge in [0.2, 0.25) is 0 Å². The fourth-order valence-electron chi connectivity index (χ4n) is 8.13. The van der Waals surface area contributed by atoms with E-state index < -0.39 is 0 Å². The number of rotatable bonds is 5. The number of hydrogen-bond acceptors (Lipinski definition) is 3. The predicted molar refractivity (Wildman–Crippen MR) is 228 cm³/mol. The quantitative estimate of drug-likeness (QED) is 0.168. The lowest BCUT2D eigenvalue weighted by atomic mass is 9.95. The second-order valence-electron chi connectivity index (χ2n) is 14.1. The van der Waals surface area contributed by atoms with Gasteiger partial charge in [-0.3, -0.25) is 0 Å². The zero-order valence-corrected chi connectivity index (χ0v) is 29.8. The van der Waals surface area contributed by atoms with Crippen LogP contribution >= 0.6 is 0 Å². The molecule has 0 saturated heterocycles. The first kappa shape index (κ1) is 31.1. The molecular weight excluding hydrogens is 669 g/mol. The molecule has 0 radical (unpaired) electrons. The van der Waals surface area contributed by atoms with Crippen molar-refractivity contribution in [2.75, 3.05) is 0 Å². The molecule has 0 aliphatic heterocycles. The molecule has 0 aliphatic carbocycles. The maximum absolute atomic E-state index is 4.96. The molecule has 0 aliphatic rings. The van der Waals surface area contributed by atoms with E-state index in [1.165, 1.54) is 65.3 Å². The summed E-state index contributed by atoms with van der Waals surface area (Å²) in [4.78, 5) is 14.8. The number of benzene rings is 9. The van der Waals surface area contributed by atoms with Gasteiger partial charge in [0.25, 0.3) is 0 Å². The lowest BCUT2D eigenvalue weighted by molar-refractivity contribution is 1.07. The molecule has 0 bridgehead atoms. The summed E-state index contributed by atoms with van der Waals surface area (Å²) in [6.07, 6.45) is 0. The van der Waals surface area contributed by atoms with Crippen molar-refractivity contribution in [3.05, 3.63) is 194 Å². The van der Waals surface area contributed by atoms with Crippen LogP contribution in [0.4, 0.5) is 0 Å². The predicted octanol–water partition coefficient (Wildman–Crippen LogP) is 13.1. The first-order valence-corrected chi connectivity index (χ1v) is 18.6. The Kier molecular flexibility index (Phi) is 7.14. The van der Waals surface area contributed by atoms with Crippen LogP contribution in [-0.4, -0.2) is 19.5 Å². The Morgan fingerprint density at radius 2 is 0.782 bits per heavy atom. The number of nitrogens with zero attached hydrogens (tertiary/aromatic N) is 4. The Morgan fingerprint density at radius 1 is 0.291 bits per heavy atom. The van der Waals surface area contributed by atoms with E-state index in [4.69, 9.17) is 15.0 Å². The molecule has 4 heteroatoms. The first-order chi connectivity index (χ1) is 27.2. The molecule has 0 atom stereocenters. The zero-order valence-electron chi connectivity index (χ0n) is 29.8. The lowest BCUT2D eigenvalue weighted by Crippen LogP contribution is -2.00. The molecule has 0 spiro atoms. The van der Waals surface area contributed by atoms with Gasteiger partial charge < -0.3 is 4.57 Å². The Bertz CT molecular complexity index is 3180. The number of fused-ring (bicyclic) bond motifs is 8. The third kappa shape index (κ3) is 5.26. The number of para-hydroxylation sites is 1. The van der Waals surface area contributed by atoms with Gasteiger partial charge in [-0.05, 0) is 92.0 Å². The maximum Gasteiger partial charge on any atom is 0.164 e. The molecule has 4 nitrogen and oxygen atoms in total. The van der Waals surface area contributed by atoms with Crippen LogP contribution in [-0.2, 0) is 0 Å². The highest BCUT2D eigenvalue weighted by Crippen LogP contribution is 2.39.